The van der Waals surface area contributed by atoms with Crippen molar-refractivity contribution in [1.82, 2.24) is 4.74 Å². The molecule has 1 N–H and O–H groups in total. The summed E-state index contributed by atoms with van der Waals surface area (Å²) in [5, 5.41) is 3.23. The summed E-state index contributed by atoms with van der Waals surface area (Å²) >= 11 is 6.07. The highest BCUT2D eigenvalue weighted by atomic mass is 35.5. The first-order valence-corrected chi connectivity index (χ1v) is 7.68. The van der Waals surface area contributed by atoms with Crippen LogP contribution in [0.4, 0.5) is 5.69 Å². The first-order valence-electron chi connectivity index (χ1n) is 7.30. The second-order valence-corrected chi connectivity index (χ2v) is 5.79. The molecule has 6 heteroatoms. The molecular weight excluding hydrogens is 328 g/mol. The molecule has 122 valence electrons. The molecule has 0 atom stereocenters. The average Bonchev–Trinajstić information content (AvgIpc) is 2.86. The average molecular weight is 343 g/mol. The molecule has 2 aromatic carbocycles. The number of aryl methyl sites for hydroxylation is 2. The maximum atomic E-state index is 12.6. The molecule has 0 spiro atoms. The fraction of sp³-hybridized carbons (Fsp3) is 0.111. The minimum Gasteiger partial charge on any atom is -0.335 e. The van der Waals surface area contributed by atoms with Crippen LogP contribution in [-0.2, 0) is 7.05 Å². The van der Waals surface area contributed by atoms with E-state index in [1.807, 2.05) is 37.3 Å². The third kappa shape index (κ3) is 2.98. The number of aromatic nitrogens is 1. The van der Waals surface area contributed by atoms with Gasteiger partial charge >= 0.3 is 5.63 Å². The molecule has 0 aliphatic heterocycles. The van der Waals surface area contributed by atoms with Gasteiger partial charge in [-0.25, -0.2) is 9.53 Å². The molecule has 1 aromatic heterocycles. The van der Waals surface area contributed by atoms with Crippen LogP contribution in [-0.4, -0.2) is 10.6 Å². The second-order valence-electron chi connectivity index (χ2n) is 5.38. The van der Waals surface area contributed by atoms with E-state index < -0.39 is 11.5 Å². The summed E-state index contributed by atoms with van der Waals surface area (Å²) in [6.07, 6.45) is 0. The standard InChI is InChI=1S/C18H15ClN2O3/c1-11-8-9-13(10-14(11)19)20-17(22)15-16(21(2)24-18(15)23)12-6-4-3-5-7-12/h3-10H,1-2H3,(H,20,22). The third-order valence-electron chi connectivity index (χ3n) is 3.68. The monoisotopic (exact) mass is 342 g/mol. The number of carbonyl (C=O) groups excluding carboxylic acids is 1. The Morgan fingerprint density at radius 3 is 2.54 bits per heavy atom. The Labute approximate surface area is 143 Å². The van der Waals surface area contributed by atoms with Crippen LogP contribution >= 0.6 is 11.6 Å². The van der Waals surface area contributed by atoms with E-state index in [4.69, 9.17) is 16.1 Å². The van der Waals surface area contributed by atoms with Crippen molar-refractivity contribution in [3.05, 3.63) is 75.1 Å². The molecule has 0 aliphatic carbocycles. The van der Waals surface area contributed by atoms with E-state index >= 15 is 0 Å². The van der Waals surface area contributed by atoms with Gasteiger partial charge in [0.15, 0.2) is 5.56 Å². The van der Waals surface area contributed by atoms with Gasteiger partial charge in [0.05, 0.1) is 0 Å². The van der Waals surface area contributed by atoms with Crippen molar-refractivity contribution in [3.8, 4) is 11.3 Å². The van der Waals surface area contributed by atoms with E-state index in [-0.39, 0.29) is 5.56 Å². The molecule has 3 rings (SSSR count). The number of nitrogens with zero attached hydrogens (tertiary/aromatic N) is 1. The molecule has 0 unspecified atom stereocenters. The van der Waals surface area contributed by atoms with Gasteiger partial charge in [0, 0.05) is 23.3 Å². The number of hydrogen-bond acceptors (Lipinski definition) is 3. The predicted octanol–water partition coefficient (Wildman–Crippen LogP) is 3.86. The lowest BCUT2D eigenvalue weighted by Gasteiger charge is -2.07. The van der Waals surface area contributed by atoms with E-state index in [0.717, 1.165) is 11.1 Å². The van der Waals surface area contributed by atoms with Crippen LogP contribution in [0, 0.1) is 6.92 Å². The van der Waals surface area contributed by atoms with Gasteiger partial charge in [-0.3, -0.25) is 4.79 Å². The van der Waals surface area contributed by atoms with Crippen LogP contribution in [0.1, 0.15) is 15.9 Å². The Kier molecular flexibility index (Phi) is 4.27. The molecule has 0 saturated heterocycles. The Bertz CT molecular complexity index is 958. The first kappa shape index (κ1) is 16.1. The van der Waals surface area contributed by atoms with Crippen molar-refractivity contribution in [2.24, 2.45) is 7.05 Å². The zero-order valence-corrected chi connectivity index (χ0v) is 13.9. The molecule has 0 saturated carbocycles. The van der Waals surface area contributed by atoms with E-state index in [0.29, 0.717) is 16.4 Å². The van der Waals surface area contributed by atoms with Crippen molar-refractivity contribution in [3.63, 3.8) is 0 Å². The van der Waals surface area contributed by atoms with E-state index in [9.17, 15) is 9.59 Å². The summed E-state index contributed by atoms with van der Waals surface area (Å²) < 4.78 is 6.38. The van der Waals surface area contributed by atoms with Crippen LogP contribution in [0.2, 0.25) is 5.02 Å². The van der Waals surface area contributed by atoms with Crippen molar-refractivity contribution in [1.29, 1.82) is 0 Å². The molecule has 1 amide bonds. The number of nitrogens with one attached hydrogen (secondary N) is 1. The van der Waals surface area contributed by atoms with Gasteiger partial charge in [-0.1, -0.05) is 48.0 Å². The van der Waals surface area contributed by atoms with Crippen LogP contribution in [0.5, 0.6) is 0 Å². The fourth-order valence-corrected chi connectivity index (χ4v) is 2.64. The van der Waals surface area contributed by atoms with Gasteiger partial charge in [-0.2, -0.15) is 0 Å². The van der Waals surface area contributed by atoms with E-state index in [1.54, 1.807) is 25.2 Å². The minimum absolute atomic E-state index is 0.0413. The van der Waals surface area contributed by atoms with Crippen LogP contribution in [0.3, 0.4) is 0 Å². The molecule has 0 fully saturated rings. The zero-order chi connectivity index (χ0) is 17.3. The molecule has 0 radical (unpaired) electrons. The summed E-state index contributed by atoms with van der Waals surface area (Å²) in [4.78, 5) is 24.7. The Hall–Kier alpha value is -2.79. The Balaban J connectivity index is 2.01. The molecule has 0 aliphatic rings. The molecule has 3 aromatic rings. The van der Waals surface area contributed by atoms with Crippen LogP contribution in [0.15, 0.2) is 57.8 Å². The molecular formula is C18H15ClN2O3. The first-order chi connectivity index (χ1) is 11.5. The molecule has 5 nitrogen and oxygen atoms in total. The van der Waals surface area contributed by atoms with Gasteiger partial charge in [-0.05, 0) is 24.6 Å². The third-order valence-corrected chi connectivity index (χ3v) is 4.09. The molecule has 1 heterocycles. The van der Waals surface area contributed by atoms with Gasteiger partial charge < -0.3 is 9.84 Å². The topological polar surface area (TPSA) is 64.2 Å². The largest absolute Gasteiger partial charge is 0.370 e. The molecule has 0 bridgehead atoms. The molecule has 24 heavy (non-hydrogen) atoms. The van der Waals surface area contributed by atoms with Crippen LogP contribution in [0.25, 0.3) is 11.3 Å². The maximum absolute atomic E-state index is 12.6. The summed E-state index contributed by atoms with van der Waals surface area (Å²) in [5.41, 5.74) is 1.83. The number of halogens is 1. The predicted molar refractivity (Wildman–Crippen MR) is 93.5 cm³/mol. The zero-order valence-electron chi connectivity index (χ0n) is 13.2. The van der Waals surface area contributed by atoms with E-state index in [2.05, 4.69) is 5.32 Å². The minimum atomic E-state index is -0.688. The number of carbonyl (C=O) groups is 1. The van der Waals surface area contributed by atoms with Gasteiger partial charge in [-0.15, -0.1) is 0 Å². The second kappa shape index (κ2) is 6.37. The number of rotatable bonds is 3. The summed E-state index contributed by atoms with van der Waals surface area (Å²) in [6, 6.07) is 14.3. The highest BCUT2D eigenvalue weighted by Crippen LogP contribution is 2.24. The highest BCUT2D eigenvalue weighted by molar-refractivity contribution is 6.31. The quantitative estimate of drug-likeness (QED) is 0.786. The van der Waals surface area contributed by atoms with Crippen molar-refractivity contribution >= 4 is 23.2 Å². The number of hydrogen-bond donors (Lipinski definition) is 1. The number of amides is 1. The highest BCUT2D eigenvalue weighted by Gasteiger charge is 2.23. The lowest BCUT2D eigenvalue weighted by molar-refractivity contribution is 0.102. The fourth-order valence-electron chi connectivity index (χ4n) is 2.46. The smallest absolute Gasteiger partial charge is 0.335 e. The summed E-state index contributed by atoms with van der Waals surface area (Å²) in [7, 11) is 1.59. The lowest BCUT2D eigenvalue weighted by Crippen LogP contribution is -2.19. The number of benzene rings is 2. The van der Waals surface area contributed by atoms with Gasteiger partial charge in [0.25, 0.3) is 5.91 Å². The van der Waals surface area contributed by atoms with Crippen molar-refractivity contribution < 1.29 is 9.32 Å². The summed E-state index contributed by atoms with van der Waals surface area (Å²) in [5.74, 6) is -0.539. The van der Waals surface area contributed by atoms with Crippen LogP contribution < -0.4 is 10.9 Å². The normalized spacial score (nSPS) is 10.6. The Morgan fingerprint density at radius 1 is 1.17 bits per heavy atom. The van der Waals surface area contributed by atoms with Gasteiger partial charge in [0.2, 0.25) is 0 Å². The van der Waals surface area contributed by atoms with Gasteiger partial charge in [0.1, 0.15) is 5.69 Å². The Morgan fingerprint density at radius 2 is 1.88 bits per heavy atom. The summed E-state index contributed by atoms with van der Waals surface area (Å²) in [6.45, 7) is 1.87. The maximum Gasteiger partial charge on any atom is 0.370 e. The SMILES string of the molecule is Cc1ccc(NC(=O)c2c(-c3ccccc3)n(C)oc2=O)cc1Cl. The number of anilines is 1. The lowest BCUT2D eigenvalue weighted by atomic mass is 10.1. The van der Waals surface area contributed by atoms with Crippen molar-refractivity contribution in [2.45, 2.75) is 6.92 Å². The van der Waals surface area contributed by atoms with E-state index in [1.165, 1.54) is 4.74 Å². The van der Waals surface area contributed by atoms with Crippen molar-refractivity contribution in [2.75, 3.05) is 5.32 Å².